The predicted molar refractivity (Wildman–Crippen MR) is 164 cm³/mol. The SMILES string of the molecule is CC.CC.N=C(SCc1ccccc1)C1CC(OC(=O)c2ccc(Cl)cc2)C(COC(=O)c2ccc(Cl)cc2)O1. The number of hydrogen-bond acceptors (Lipinski definition) is 7. The van der Waals surface area contributed by atoms with Crippen LogP contribution in [0.4, 0.5) is 0 Å². The number of rotatable bonds is 8. The molecule has 4 rings (SSSR count). The van der Waals surface area contributed by atoms with E-state index in [1.54, 1.807) is 48.5 Å². The van der Waals surface area contributed by atoms with E-state index in [1.807, 2.05) is 58.0 Å². The molecule has 0 saturated carbocycles. The number of esters is 2. The van der Waals surface area contributed by atoms with Gasteiger partial charge in [-0.1, -0.05) is 81.2 Å². The van der Waals surface area contributed by atoms with Crippen LogP contribution in [0.5, 0.6) is 0 Å². The van der Waals surface area contributed by atoms with Gasteiger partial charge < -0.3 is 14.2 Å². The van der Waals surface area contributed by atoms with Gasteiger partial charge in [0.1, 0.15) is 24.9 Å². The van der Waals surface area contributed by atoms with Crippen LogP contribution in [0, 0.1) is 5.41 Å². The molecule has 40 heavy (non-hydrogen) atoms. The van der Waals surface area contributed by atoms with E-state index in [9.17, 15) is 9.59 Å². The molecule has 0 aromatic heterocycles. The number of nitrogens with one attached hydrogen (secondary N) is 1. The van der Waals surface area contributed by atoms with Gasteiger partial charge in [0.2, 0.25) is 0 Å². The number of thioether (sulfide) groups is 1. The molecule has 3 aromatic carbocycles. The van der Waals surface area contributed by atoms with E-state index in [2.05, 4.69) is 0 Å². The van der Waals surface area contributed by atoms with Gasteiger partial charge in [-0.2, -0.15) is 0 Å². The molecule has 1 saturated heterocycles. The van der Waals surface area contributed by atoms with Crippen molar-refractivity contribution in [1.82, 2.24) is 0 Å². The molecule has 0 aliphatic carbocycles. The van der Waals surface area contributed by atoms with E-state index >= 15 is 0 Å². The van der Waals surface area contributed by atoms with Crippen LogP contribution in [0.3, 0.4) is 0 Å². The summed E-state index contributed by atoms with van der Waals surface area (Å²) < 4.78 is 17.2. The summed E-state index contributed by atoms with van der Waals surface area (Å²) in [5.41, 5.74) is 1.77. The summed E-state index contributed by atoms with van der Waals surface area (Å²) in [5, 5.41) is 9.85. The molecule has 3 atom stereocenters. The van der Waals surface area contributed by atoms with Crippen molar-refractivity contribution >= 4 is 51.9 Å². The Morgan fingerprint density at radius 2 is 1.38 bits per heavy atom. The molecule has 6 nitrogen and oxygen atoms in total. The highest BCUT2D eigenvalue weighted by molar-refractivity contribution is 8.13. The monoisotopic (exact) mass is 603 g/mol. The number of carbonyl (C=O) groups excluding carboxylic acids is 2. The van der Waals surface area contributed by atoms with Crippen molar-refractivity contribution in [1.29, 1.82) is 5.41 Å². The maximum Gasteiger partial charge on any atom is 0.338 e. The smallest absolute Gasteiger partial charge is 0.338 e. The molecule has 3 unspecified atom stereocenters. The fraction of sp³-hybridized carbons (Fsp3) is 0.323. The van der Waals surface area contributed by atoms with Crippen molar-refractivity contribution in [3.63, 3.8) is 0 Å². The summed E-state index contributed by atoms with van der Waals surface area (Å²) in [6.45, 7) is 7.87. The standard InChI is InChI=1S/C27H23Cl2NO5S.2C2H6/c28-20-10-6-18(7-11-20)26(31)33-15-24-22(35-27(32)19-8-12-21(29)13-9-19)14-23(34-24)25(30)36-16-17-4-2-1-3-5-17;2*1-2/h1-13,22-24,30H,14-16H2;2*1-2H3. The van der Waals surface area contributed by atoms with Gasteiger partial charge in [0.15, 0.2) is 0 Å². The van der Waals surface area contributed by atoms with E-state index < -0.39 is 30.3 Å². The van der Waals surface area contributed by atoms with Crippen molar-refractivity contribution in [2.45, 2.75) is 58.2 Å². The fourth-order valence-electron chi connectivity index (χ4n) is 3.60. The Morgan fingerprint density at radius 1 is 0.850 bits per heavy atom. The zero-order valence-electron chi connectivity index (χ0n) is 23.1. The minimum atomic E-state index is -0.722. The molecule has 214 valence electrons. The van der Waals surface area contributed by atoms with E-state index in [-0.39, 0.29) is 13.0 Å². The van der Waals surface area contributed by atoms with Crippen LogP contribution in [-0.4, -0.2) is 41.9 Å². The van der Waals surface area contributed by atoms with Crippen molar-refractivity contribution in [2.24, 2.45) is 0 Å². The maximum atomic E-state index is 12.7. The lowest BCUT2D eigenvalue weighted by molar-refractivity contribution is -0.0334. The van der Waals surface area contributed by atoms with E-state index in [0.29, 0.717) is 32.0 Å². The molecule has 1 aliphatic heterocycles. The van der Waals surface area contributed by atoms with Gasteiger partial charge in [-0.05, 0) is 54.1 Å². The first-order valence-corrected chi connectivity index (χ1v) is 14.9. The second kappa shape index (κ2) is 17.8. The van der Waals surface area contributed by atoms with Gasteiger partial charge in [0.05, 0.1) is 16.2 Å². The Hall–Kier alpha value is -2.84. The van der Waals surface area contributed by atoms with Crippen molar-refractivity contribution in [3.8, 4) is 0 Å². The summed E-state index contributed by atoms with van der Waals surface area (Å²) in [6.07, 6.45) is -1.72. The molecule has 9 heteroatoms. The molecular formula is C31H35Cl2NO5S. The topological polar surface area (TPSA) is 85.7 Å². The maximum absolute atomic E-state index is 12.7. The van der Waals surface area contributed by atoms with Crippen LogP contribution in [-0.2, 0) is 20.0 Å². The summed E-state index contributed by atoms with van der Waals surface area (Å²) in [5.74, 6) is -0.473. The van der Waals surface area contributed by atoms with E-state index in [0.717, 1.165) is 5.56 Å². The Balaban J connectivity index is 0.00000134. The van der Waals surface area contributed by atoms with Crippen molar-refractivity contribution in [2.75, 3.05) is 6.61 Å². The molecule has 1 N–H and O–H groups in total. The Labute approximate surface area is 250 Å². The third-order valence-corrected chi connectivity index (χ3v) is 7.08. The van der Waals surface area contributed by atoms with Crippen LogP contribution in [0.2, 0.25) is 10.0 Å². The molecule has 3 aromatic rings. The second-order valence-corrected chi connectivity index (χ2v) is 9.98. The van der Waals surface area contributed by atoms with Gasteiger partial charge >= 0.3 is 11.9 Å². The first kappa shape index (κ1) is 33.4. The van der Waals surface area contributed by atoms with Gasteiger partial charge in [-0.3, -0.25) is 5.41 Å². The second-order valence-electron chi connectivity index (χ2n) is 8.09. The lowest BCUT2D eigenvalue weighted by Crippen LogP contribution is -2.32. The first-order valence-electron chi connectivity index (χ1n) is 13.2. The van der Waals surface area contributed by atoms with Crippen LogP contribution in [0.25, 0.3) is 0 Å². The number of carbonyl (C=O) groups is 2. The Bertz CT molecular complexity index is 1210. The highest BCUT2D eigenvalue weighted by Crippen LogP contribution is 2.30. The van der Waals surface area contributed by atoms with Crippen LogP contribution in [0.1, 0.15) is 60.4 Å². The predicted octanol–water partition coefficient (Wildman–Crippen LogP) is 8.50. The Kier molecular flexibility index (Phi) is 14.8. The third kappa shape index (κ3) is 10.3. The molecule has 0 amide bonds. The summed E-state index contributed by atoms with van der Waals surface area (Å²) in [6, 6.07) is 22.5. The number of hydrogen-bond donors (Lipinski definition) is 1. The number of ether oxygens (including phenoxy) is 3. The summed E-state index contributed by atoms with van der Waals surface area (Å²) >= 11 is 13.2. The molecule has 0 bridgehead atoms. The summed E-state index contributed by atoms with van der Waals surface area (Å²) in [4.78, 5) is 25.2. The molecule has 0 spiro atoms. The van der Waals surface area contributed by atoms with Gasteiger partial charge in [0, 0.05) is 22.2 Å². The normalized spacial score (nSPS) is 17.4. The molecule has 1 fully saturated rings. The molecular weight excluding hydrogens is 569 g/mol. The third-order valence-electron chi connectivity index (χ3n) is 5.53. The first-order chi connectivity index (χ1) is 19.4. The highest BCUT2D eigenvalue weighted by Gasteiger charge is 2.41. The summed E-state index contributed by atoms with van der Waals surface area (Å²) in [7, 11) is 0. The van der Waals surface area contributed by atoms with E-state index in [4.69, 9.17) is 42.8 Å². The molecule has 0 radical (unpaired) electrons. The minimum absolute atomic E-state index is 0.132. The highest BCUT2D eigenvalue weighted by atomic mass is 35.5. The van der Waals surface area contributed by atoms with Gasteiger partial charge in [0.25, 0.3) is 0 Å². The van der Waals surface area contributed by atoms with Gasteiger partial charge in [-0.25, -0.2) is 9.59 Å². The van der Waals surface area contributed by atoms with Crippen molar-refractivity contribution < 1.29 is 23.8 Å². The van der Waals surface area contributed by atoms with Crippen molar-refractivity contribution in [3.05, 3.63) is 106 Å². The van der Waals surface area contributed by atoms with Gasteiger partial charge in [-0.15, -0.1) is 11.8 Å². The van der Waals surface area contributed by atoms with Crippen LogP contribution in [0.15, 0.2) is 78.9 Å². The lowest BCUT2D eigenvalue weighted by atomic mass is 10.1. The Morgan fingerprint density at radius 3 is 1.93 bits per heavy atom. The zero-order valence-corrected chi connectivity index (χ0v) is 25.4. The van der Waals surface area contributed by atoms with E-state index in [1.165, 1.54) is 11.8 Å². The number of halogens is 2. The molecule has 1 heterocycles. The zero-order chi connectivity index (χ0) is 29.5. The van der Waals surface area contributed by atoms with Crippen LogP contribution < -0.4 is 0 Å². The van der Waals surface area contributed by atoms with Crippen LogP contribution >= 0.6 is 35.0 Å². The minimum Gasteiger partial charge on any atom is -0.459 e. The fourth-order valence-corrected chi connectivity index (χ4v) is 4.71. The quantitative estimate of drug-likeness (QED) is 0.158. The molecule has 1 aliphatic rings. The average Bonchev–Trinajstić information content (AvgIpc) is 3.40. The average molecular weight is 605 g/mol. The number of benzene rings is 3. The largest absolute Gasteiger partial charge is 0.459 e. The lowest BCUT2D eigenvalue weighted by Gasteiger charge is -2.19.